The van der Waals surface area contributed by atoms with Gasteiger partial charge in [0.05, 0.1) is 7.11 Å². The summed E-state index contributed by atoms with van der Waals surface area (Å²) in [6.45, 7) is 1.51. The smallest absolute Gasteiger partial charge is 0.341 e. The van der Waals surface area contributed by atoms with Gasteiger partial charge < -0.3 is 14.6 Å². The largest absolute Gasteiger partial charge is 0.493 e. The number of carboxylic acids is 1. The molecule has 0 heterocycles. The van der Waals surface area contributed by atoms with E-state index in [1.165, 1.54) is 7.11 Å². The monoisotopic (exact) mass is 196 g/mol. The van der Waals surface area contributed by atoms with E-state index in [1.54, 1.807) is 12.1 Å². The third kappa shape index (κ3) is 2.39. The average molecular weight is 196 g/mol. The molecule has 76 valence electrons. The number of para-hydroxylation sites is 1. The molecule has 0 saturated heterocycles. The normalized spacial score (nSPS) is 9.57. The third-order valence-electron chi connectivity index (χ3n) is 1.73. The molecule has 1 aromatic rings. The number of benzene rings is 1. The number of aryl methyl sites for hydroxylation is 1. The zero-order valence-corrected chi connectivity index (χ0v) is 8.11. The molecule has 0 atom stereocenters. The molecule has 0 aromatic heterocycles. The van der Waals surface area contributed by atoms with Gasteiger partial charge in [-0.1, -0.05) is 12.1 Å². The molecule has 4 heteroatoms. The van der Waals surface area contributed by atoms with Crippen LogP contribution in [0.1, 0.15) is 5.56 Å². The van der Waals surface area contributed by atoms with Crippen molar-refractivity contribution in [2.45, 2.75) is 6.92 Å². The van der Waals surface area contributed by atoms with Crippen molar-refractivity contribution in [1.29, 1.82) is 0 Å². The first-order chi connectivity index (χ1) is 6.65. The standard InChI is InChI=1S/C10H12O4/c1-7-4-3-5-8(10(7)13-2)14-6-9(11)12/h3-5H,6H2,1-2H3,(H,11,12). The first kappa shape index (κ1) is 10.4. The fourth-order valence-electron chi connectivity index (χ4n) is 1.14. The molecule has 0 amide bonds. The molecule has 4 nitrogen and oxygen atoms in total. The predicted octanol–water partition coefficient (Wildman–Crippen LogP) is 1.47. The summed E-state index contributed by atoms with van der Waals surface area (Å²) in [6.07, 6.45) is 0. The Balaban J connectivity index is 2.85. The van der Waals surface area contributed by atoms with Crippen molar-refractivity contribution in [1.82, 2.24) is 0 Å². The zero-order valence-electron chi connectivity index (χ0n) is 8.11. The second kappa shape index (κ2) is 4.50. The number of carbonyl (C=O) groups is 1. The van der Waals surface area contributed by atoms with Crippen LogP contribution in [0.4, 0.5) is 0 Å². The van der Waals surface area contributed by atoms with Crippen LogP contribution in [-0.4, -0.2) is 24.8 Å². The summed E-state index contributed by atoms with van der Waals surface area (Å²) in [5.41, 5.74) is 0.912. The molecule has 0 aliphatic carbocycles. The second-order valence-corrected chi connectivity index (χ2v) is 2.79. The summed E-state index contributed by atoms with van der Waals surface area (Å²) in [5, 5.41) is 8.44. The van der Waals surface area contributed by atoms with Crippen LogP contribution in [0.3, 0.4) is 0 Å². The van der Waals surface area contributed by atoms with Gasteiger partial charge in [0.2, 0.25) is 0 Å². The van der Waals surface area contributed by atoms with Gasteiger partial charge in [-0.25, -0.2) is 4.79 Å². The number of methoxy groups -OCH3 is 1. The molecular weight excluding hydrogens is 184 g/mol. The van der Waals surface area contributed by atoms with E-state index in [9.17, 15) is 4.79 Å². The maximum absolute atomic E-state index is 10.3. The number of aliphatic carboxylic acids is 1. The molecule has 0 spiro atoms. The fourth-order valence-corrected chi connectivity index (χ4v) is 1.14. The lowest BCUT2D eigenvalue weighted by molar-refractivity contribution is -0.139. The third-order valence-corrected chi connectivity index (χ3v) is 1.73. The van der Waals surface area contributed by atoms with Crippen molar-refractivity contribution in [3.8, 4) is 11.5 Å². The number of rotatable bonds is 4. The van der Waals surface area contributed by atoms with Gasteiger partial charge in [-0.3, -0.25) is 0 Å². The second-order valence-electron chi connectivity index (χ2n) is 2.79. The highest BCUT2D eigenvalue weighted by Crippen LogP contribution is 2.29. The van der Waals surface area contributed by atoms with Gasteiger partial charge in [0, 0.05) is 0 Å². The van der Waals surface area contributed by atoms with Gasteiger partial charge in [-0.15, -0.1) is 0 Å². The lowest BCUT2D eigenvalue weighted by atomic mass is 10.2. The number of hydrogen-bond donors (Lipinski definition) is 1. The Labute approximate surface area is 82.1 Å². The van der Waals surface area contributed by atoms with Crippen molar-refractivity contribution in [2.24, 2.45) is 0 Å². The van der Waals surface area contributed by atoms with Crippen LogP contribution < -0.4 is 9.47 Å². The van der Waals surface area contributed by atoms with Crippen LogP contribution in [0, 0.1) is 6.92 Å². The predicted molar refractivity (Wildman–Crippen MR) is 50.9 cm³/mol. The van der Waals surface area contributed by atoms with E-state index >= 15 is 0 Å². The Morgan fingerprint density at radius 2 is 2.21 bits per heavy atom. The minimum Gasteiger partial charge on any atom is -0.493 e. The van der Waals surface area contributed by atoms with Crippen molar-refractivity contribution in [3.63, 3.8) is 0 Å². The molecular formula is C10H12O4. The van der Waals surface area contributed by atoms with Gasteiger partial charge in [0.15, 0.2) is 18.1 Å². The quantitative estimate of drug-likeness (QED) is 0.792. The number of carboxylic acid groups (broad SMARTS) is 1. The summed E-state index contributed by atoms with van der Waals surface area (Å²) in [6, 6.07) is 5.33. The highest BCUT2D eigenvalue weighted by molar-refractivity contribution is 5.68. The Morgan fingerprint density at radius 1 is 1.50 bits per heavy atom. The van der Waals surface area contributed by atoms with Crippen molar-refractivity contribution in [3.05, 3.63) is 23.8 Å². The van der Waals surface area contributed by atoms with Crippen LogP contribution in [0.5, 0.6) is 11.5 Å². The lowest BCUT2D eigenvalue weighted by Gasteiger charge is -2.10. The van der Waals surface area contributed by atoms with E-state index in [-0.39, 0.29) is 6.61 Å². The molecule has 1 aromatic carbocycles. The minimum atomic E-state index is -1.01. The van der Waals surface area contributed by atoms with E-state index < -0.39 is 5.97 Å². The molecule has 1 N–H and O–H groups in total. The number of hydrogen-bond acceptors (Lipinski definition) is 3. The molecule has 1 rings (SSSR count). The Bertz CT molecular complexity index is 333. The lowest BCUT2D eigenvalue weighted by Crippen LogP contribution is -2.10. The van der Waals surface area contributed by atoms with E-state index in [2.05, 4.69) is 0 Å². The summed E-state index contributed by atoms with van der Waals surface area (Å²) >= 11 is 0. The maximum Gasteiger partial charge on any atom is 0.341 e. The fraction of sp³-hybridized carbons (Fsp3) is 0.300. The first-order valence-corrected chi connectivity index (χ1v) is 4.13. The molecule has 0 saturated carbocycles. The van der Waals surface area contributed by atoms with Gasteiger partial charge in [0.25, 0.3) is 0 Å². The van der Waals surface area contributed by atoms with Crippen LogP contribution >= 0.6 is 0 Å². The van der Waals surface area contributed by atoms with E-state index in [0.717, 1.165) is 5.56 Å². The van der Waals surface area contributed by atoms with Gasteiger partial charge in [-0.05, 0) is 18.6 Å². The Hall–Kier alpha value is -1.71. The topological polar surface area (TPSA) is 55.8 Å². The summed E-state index contributed by atoms with van der Waals surface area (Å²) in [4.78, 5) is 10.3. The molecule has 14 heavy (non-hydrogen) atoms. The van der Waals surface area contributed by atoms with E-state index in [4.69, 9.17) is 14.6 Å². The average Bonchev–Trinajstić information content (AvgIpc) is 2.14. The molecule has 0 bridgehead atoms. The summed E-state index contributed by atoms with van der Waals surface area (Å²) < 4.78 is 10.1. The van der Waals surface area contributed by atoms with Crippen LogP contribution in [0.2, 0.25) is 0 Å². The zero-order chi connectivity index (χ0) is 10.6. The molecule has 0 aliphatic heterocycles. The summed E-state index contributed by atoms with van der Waals surface area (Å²) in [7, 11) is 1.52. The van der Waals surface area contributed by atoms with E-state index in [0.29, 0.717) is 11.5 Å². The van der Waals surface area contributed by atoms with Gasteiger partial charge >= 0.3 is 5.97 Å². The number of ether oxygens (including phenoxy) is 2. The van der Waals surface area contributed by atoms with Crippen LogP contribution in [0.15, 0.2) is 18.2 Å². The Morgan fingerprint density at radius 3 is 2.79 bits per heavy atom. The highest BCUT2D eigenvalue weighted by Gasteiger charge is 2.07. The Kier molecular flexibility index (Phi) is 3.34. The maximum atomic E-state index is 10.3. The first-order valence-electron chi connectivity index (χ1n) is 4.13. The van der Waals surface area contributed by atoms with Crippen molar-refractivity contribution in [2.75, 3.05) is 13.7 Å². The van der Waals surface area contributed by atoms with Crippen LogP contribution in [0.25, 0.3) is 0 Å². The van der Waals surface area contributed by atoms with Gasteiger partial charge in [0.1, 0.15) is 0 Å². The van der Waals surface area contributed by atoms with Crippen LogP contribution in [-0.2, 0) is 4.79 Å². The van der Waals surface area contributed by atoms with Crippen molar-refractivity contribution < 1.29 is 19.4 Å². The summed E-state index contributed by atoms with van der Waals surface area (Å²) in [5.74, 6) is 0.0252. The van der Waals surface area contributed by atoms with Gasteiger partial charge in [-0.2, -0.15) is 0 Å². The molecule has 0 radical (unpaired) electrons. The van der Waals surface area contributed by atoms with E-state index in [1.807, 2.05) is 13.0 Å². The van der Waals surface area contributed by atoms with Crippen molar-refractivity contribution >= 4 is 5.97 Å². The SMILES string of the molecule is COc1c(C)cccc1OCC(=O)O. The molecule has 0 aliphatic rings. The minimum absolute atomic E-state index is 0.361. The molecule has 0 unspecified atom stereocenters. The molecule has 0 fully saturated rings. The highest BCUT2D eigenvalue weighted by atomic mass is 16.5.